The summed E-state index contributed by atoms with van der Waals surface area (Å²) in [4.78, 5) is 20.7. The summed E-state index contributed by atoms with van der Waals surface area (Å²) >= 11 is 0. The van der Waals surface area contributed by atoms with Gasteiger partial charge < -0.3 is 20.8 Å². The second-order valence-corrected chi connectivity index (χ2v) is 3.64. The summed E-state index contributed by atoms with van der Waals surface area (Å²) in [6.45, 7) is 0. The number of rotatable bonds is 2. The molecule has 1 aliphatic rings. The molecule has 1 rings (SSSR count). The number of halogens is 2. The van der Waals surface area contributed by atoms with Crippen molar-refractivity contribution in [3.8, 4) is 0 Å². The van der Waals surface area contributed by atoms with Crippen molar-refractivity contribution in [2.45, 2.75) is 37.3 Å². The number of carboxylic acid groups (broad SMARTS) is 2. The van der Waals surface area contributed by atoms with E-state index in [0.29, 0.717) is 0 Å². The maximum Gasteiger partial charge on any atom is 0.405 e. The lowest BCUT2D eigenvalue weighted by Crippen LogP contribution is -2.61. The standard InChI is InChI=1S/C8H12F2N2O4/c9-8(10)3-1-2-4(11-6(13)14)5(8)12-7(15)16/h4-5,11-12H,1-3H2,(H,13,14)(H,15,16)/t4-,5-/m1/s1. The van der Waals surface area contributed by atoms with Crippen LogP contribution in [0.25, 0.3) is 0 Å². The minimum absolute atomic E-state index is 0.149. The highest BCUT2D eigenvalue weighted by Crippen LogP contribution is 2.33. The fourth-order valence-corrected chi connectivity index (χ4v) is 1.83. The van der Waals surface area contributed by atoms with Crippen LogP contribution in [0.3, 0.4) is 0 Å². The molecule has 1 fully saturated rings. The van der Waals surface area contributed by atoms with E-state index in [1.165, 1.54) is 0 Å². The second-order valence-electron chi connectivity index (χ2n) is 3.64. The molecule has 6 nitrogen and oxygen atoms in total. The van der Waals surface area contributed by atoms with Gasteiger partial charge in [-0.2, -0.15) is 0 Å². The number of carbonyl (C=O) groups is 2. The minimum Gasteiger partial charge on any atom is -0.465 e. The molecule has 8 heteroatoms. The van der Waals surface area contributed by atoms with Crippen LogP contribution in [-0.2, 0) is 0 Å². The van der Waals surface area contributed by atoms with Gasteiger partial charge in [0.15, 0.2) is 0 Å². The first kappa shape index (κ1) is 12.5. The van der Waals surface area contributed by atoms with Crippen molar-refractivity contribution in [1.29, 1.82) is 0 Å². The van der Waals surface area contributed by atoms with Crippen molar-refractivity contribution in [3.63, 3.8) is 0 Å². The molecule has 0 bridgehead atoms. The second kappa shape index (κ2) is 4.50. The Hall–Kier alpha value is -1.60. The summed E-state index contributed by atoms with van der Waals surface area (Å²) in [5, 5.41) is 20.5. The minimum atomic E-state index is -3.23. The normalized spacial score (nSPS) is 28.1. The average molecular weight is 238 g/mol. The Morgan fingerprint density at radius 2 is 1.75 bits per heavy atom. The zero-order chi connectivity index (χ0) is 12.3. The molecule has 0 aromatic rings. The van der Waals surface area contributed by atoms with Gasteiger partial charge in [-0.1, -0.05) is 0 Å². The molecule has 0 saturated heterocycles. The fraction of sp³-hybridized carbons (Fsp3) is 0.750. The number of amides is 2. The molecule has 2 atom stereocenters. The topological polar surface area (TPSA) is 98.7 Å². The first-order valence-electron chi connectivity index (χ1n) is 4.69. The molecule has 2 amide bonds. The smallest absolute Gasteiger partial charge is 0.405 e. The summed E-state index contributed by atoms with van der Waals surface area (Å²) in [6.07, 6.45) is -3.15. The Balaban J connectivity index is 2.79. The number of nitrogens with one attached hydrogen (secondary N) is 2. The van der Waals surface area contributed by atoms with Crippen molar-refractivity contribution in [3.05, 3.63) is 0 Å². The Morgan fingerprint density at radius 1 is 1.19 bits per heavy atom. The van der Waals surface area contributed by atoms with E-state index in [0.717, 1.165) is 0 Å². The zero-order valence-corrected chi connectivity index (χ0v) is 8.24. The molecule has 0 spiro atoms. The Bertz CT molecular complexity index is 298. The number of hydrogen-bond acceptors (Lipinski definition) is 2. The predicted octanol–water partition coefficient (Wildman–Crippen LogP) is 1.08. The van der Waals surface area contributed by atoms with Crippen LogP contribution in [0.15, 0.2) is 0 Å². The Kier molecular flexibility index (Phi) is 3.51. The summed E-state index contributed by atoms with van der Waals surface area (Å²) in [7, 11) is 0. The molecular formula is C8H12F2N2O4. The monoisotopic (exact) mass is 238 g/mol. The van der Waals surface area contributed by atoms with Gasteiger partial charge in [-0.3, -0.25) is 0 Å². The van der Waals surface area contributed by atoms with Crippen LogP contribution in [0.4, 0.5) is 18.4 Å². The first-order chi connectivity index (χ1) is 7.33. The molecule has 0 aromatic carbocycles. The maximum atomic E-state index is 13.4. The van der Waals surface area contributed by atoms with Crippen LogP contribution in [0.5, 0.6) is 0 Å². The van der Waals surface area contributed by atoms with Crippen molar-refractivity contribution < 1.29 is 28.6 Å². The van der Waals surface area contributed by atoms with Crippen LogP contribution in [0.2, 0.25) is 0 Å². The summed E-state index contributed by atoms with van der Waals surface area (Å²) in [5.41, 5.74) is 0. The molecule has 0 unspecified atom stereocenters. The van der Waals surface area contributed by atoms with E-state index in [1.54, 1.807) is 5.32 Å². The summed E-state index contributed by atoms with van der Waals surface area (Å²) < 4.78 is 26.7. The molecular weight excluding hydrogens is 226 g/mol. The van der Waals surface area contributed by atoms with E-state index in [2.05, 4.69) is 0 Å². The van der Waals surface area contributed by atoms with Gasteiger partial charge in [0.1, 0.15) is 6.04 Å². The molecule has 16 heavy (non-hydrogen) atoms. The highest BCUT2D eigenvalue weighted by Gasteiger charge is 2.48. The van der Waals surface area contributed by atoms with E-state index in [9.17, 15) is 18.4 Å². The number of hydrogen-bond donors (Lipinski definition) is 4. The third-order valence-electron chi connectivity index (χ3n) is 2.47. The molecule has 4 N–H and O–H groups in total. The van der Waals surface area contributed by atoms with E-state index in [4.69, 9.17) is 10.2 Å². The van der Waals surface area contributed by atoms with E-state index in [1.807, 2.05) is 5.32 Å². The first-order valence-corrected chi connectivity index (χ1v) is 4.69. The zero-order valence-electron chi connectivity index (χ0n) is 8.24. The molecule has 1 aliphatic carbocycles. The van der Waals surface area contributed by atoms with Crippen molar-refractivity contribution >= 4 is 12.2 Å². The van der Waals surface area contributed by atoms with Crippen molar-refractivity contribution in [2.75, 3.05) is 0 Å². The Morgan fingerprint density at radius 3 is 2.25 bits per heavy atom. The summed E-state index contributed by atoms with van der Waals surface area (Å²) in [5.74, 6) is -3.23. The van der Waals surface area contributed by atoms with Crippen molar-refractivity contribution in [2.24, 2.45) is 0 Å². The van der Waals surface area contributed by atoms with Crippen molar-refractivity contribution in [1.82, 2.24) is 10.6 Å². The molecule has 1 saturated carbocycles. The van der Waals surface area contributed by atoms with Crippen LogP contribution >= 0.6 is 0 Å². The van der Waals surface area contributed by atoms with Crippen LogP contribution < -0.4 is 10.6 Å². The van der Waals surface area contributed by atoms with Crippen LogP contribution in [0.1, 0.15) is 19.3 Å². The van der Waals surface area contributed by atoms with E-state index >= 15 is 0 Å². The largest absolute Gasteiger partial charge is 0.465 e. The lowest BCUT2D eigenvalue weighted by atomic mass is 9.87. The van der Waals surface area contributed by atoms with E-state index in [-0.39, 0.29) is 12.8 Å². The lowest BCUT2D eigenvalue weighted by Gasteiger charge is -2.37. The molecule has 0 heterocycles. The van der Waals surface area contributed by atoms with Gasteiger partial charge in [0.25, 0.3) is 5.92 Å². The van der Waals surface area contributed by atoms with Gasteiger partial charge in [0, 0.05) is 6.42 Å². The van der Waals surface area contributed by atoms with Crippen LogP contribution in [0, 0.1) is 0 Å². The van der Waals surface area contributed by atoms with Gasteiger partial charge in [-0.05, 0) is 12.8 Å². The average Bonchev–Trinajstić information content (AvgIpc) is 2.09. The maximum absolute atomic E-state index is 13.4. The van der Waals surface area contributed by atoms with Gasteiger partial charge >= 0.3 is 12.2 Å². The van der Waals surface area contributed by atoms with Gasteiger partial charge in [0.2, 0.25) is 0 Å². The summed E-state index contributed by atoms with van der Waals surface area (Å²) in [6, 6.07) is -2.81. The molecule has 0 radical (unpaired) electrons. The third-order valence-corrected chi connectivity index (χ3v) is 2.47. The highest BCUT2D eigenvalue weighted by atomic mass is 19.3. The van der Waals surface area contributed by atoms with E-state index < -0.39 is 36.6 Å². The van der Waals surface area contributed by atoms with Gasteiger partial charge in [-0.15, -0.1) is 0 Å². The van der Waals surface area contributed by atoms with Gasteiger partial charge in [0.05, 0.1) is 6.04 Å². The SMILES string of the molecule is O=C(O)N[C@@H]1[C@H](NC(=O)O)CCCC1(F)F. The predicted molar refractivity (Wildman–Crippen MR) is 48.7 cm³/mol. The number of alkyl halides is 2. The molecule has 0 aliphatic heterocycles. The lowest BCUT2D eigenvalue weighted by molar-refractivity contribution is -0.0717. The van der Waals surface area contributed by atoms with Crippen LogP contribution in [-0.4, -0.2) is 40.4 Å². The Labute approximate surface area is 89.6 Å². The highest BCUT2D eigenvalue weighted by molar-refractivity contribution is 5.67. The molecule has 0 aromatic heterocycles. The quantitative estimate of drug-likeness (QED) is 0.578. The fourth-order valence-electron chi connectivity index (χ4n) is 1.83. The third kappa shape index (κ3) is 2.94. The van der Waals surface area contributed by atoms with Gasteiger partial charge in [-0.25, -0.2) is 18.4 Å². The molecule has 92 valence electrons.